The van der Waals surface area contributed by atoms with Gasteiger partial charge in [-0.1, -0.05) is 6.92 Å². The second-order valence-corrected chi connectivity index (χ2v) is 3.82. The zero-order chi connectivity index (χ0) is 10.6. The monoisotopic (exact) mass is 197 g/mol. The molecule has 80 valence electrons. The van der Waals surface area contributed by atoms with Crippen molar-refractivity contribution in [2.45, 2.75) is 32.5 Å². The molecule has 0 radical (unpaired) electrons. The minimum absolute atomic E-state index is 0.212. The van der Waals surface area contributed by atoms with E-state index in [1.54, 1.807) is 4.68 Å². The van der Waals surface area contributed by atoms with Gasteiger partial charge in [-0.3, -0.25) is 4.68 Å². The van der Waals surface area contributed by atoms with Crippen LogP contribution in [0.25, 0.3) is 0 Å². The van der Waals surface area contributed by atoms with Crippen LogP contribution in [0.3, 0.4) is 0 Å². The molecular formula is C10H19N3O. The number of nitrogens with zero attached hydrogens (tertiary/aromatic N) is 2. The van der Waals surface area contributed by atoms with E-state index in [2.05, 4.69) is 12.0 Å². The summed E-state index contributed by atoms with van der Waals surface area (Å²) in [7, 11) is 1.89. The van der Waals surface area contributed by atoms with E-state index in [0.29, 0.717) is 13.2 Å². The molecule has 0 amide bonds. The summed E-state index contributed by atoms with van der Waals surface area (Å²) in [4.78, 5) is 0. The molecule has 0 saturated heterocycles. The lowest BCUT2D eigenvalue weighted by molar-refractivity contribution is -0.0388. The van der Waals surface area contributed by atoms with E-state index in [4.69, 9.17) is 10.5 Å². The standard InChI is InChI=1S/C10H19N3O/c1-4-10(2,8-11)14-7-9-5-12-13(3)6-9/h5-6H,4,7-8,11H2,1-3H3. The summed E-state index contributed by atoms with van der Waals surface area (Å²) in [5.74, 6) is 0. The first-order chi connectivity index (χ1) is 6.59. The van der Waals surface area contributed by atoms with Gasteiger partial charge in [0.15, 0.2) is 0 Å². The van der Waals surface area contributed by atoms with Crippen molar-refractivity contribution in [3.8, 4) is 0 Å². The molecule has 0 aliphatic carbocycles. The van der Waals surface area contributed by atoms with Crippen LogP contribution in [-0.2, 0) is 18.4 Å². The van der Waals surface area contributed by atoms with E-state index >= 15 is 0 Å². The van der Waals surface area contributed by atoms with Gasteiger partial charge >= 0.3 is 0 Å². The number of aromatic nitrogens is 2. The van der Waals surface area contributed by atoms with E-state index in [1.165, 1.54) is 0 Å². The Morgan fingerprint density at radius 3 is 2.79 bits per heavy atom. The summed E-state index contributed by atoms with van der Waals surface area (Å²) >= 11 is 0. The van der Waals surface area contributed by atoms with E-state index in [-0.39, 0.29) is 5.60 Å². The number of hydrogen-bond acceptors (Lipinski definition) is 3. The zero-order valence-electron chi connectivity index (χ0n) is 9.16. The predicted molar refractivity (Wildman–Crippen MR) is 55.7 cm³/mol. The van der Waals surface area contributed by atoms with Gasteiger partial charge in [-0.2, -0.15) is 5.10 Å². The van der Waals surface area contributed by atoms with Crippen molar-refractivity contribution < 1.29 is 4.74 Å². The Morgan fingerprint density at radius 1 is 1.64 bits per heavy atom. The van der Waals surface area contributed by atoms with Crippen molar-refractivity contribution in [2.75, 3.05) is 6.54 Å². The van der Waals surface area contributed by atoms with Crippen molar-refractivity contribution in [1.29, 1.82) is 0 Å². The van der Waals surface area contributed by atoms with Crippen LogP contribution in [0.5, 0.6) is 0 Å². The van der Waals surface area contributed by atoms with Gasteiger partial charge in [0.25, 0.3) is 0 Å². The summed E-state index contributed by atoms with van der Waals surface area (Å²) in [6.07, 6.45) is 4.68. The molecule has 0 aliphatic rings. The van der Waals surface area contributed by atoms with Gasteiger partial charge in [0.2, 0.25) is 0 Å². The third-order valence-corrected chi connectivity index (χ3v) is 2.53. The smallest absolute Gasteiger partial charge is 0.0778 e. The van der Waals surface area contributed by atoms with Crippen LogP contribution in [0, 0.1) is 0 Å². The number of rotatable bonds is 5. The van der Waals surface area contributed by atoms with Crippen LogP contribution in [0.1, 0.15) is 25.8 Å². The minimum atomic E-state index is -0.212. The Hall–Kier alpha value is -0.870. The second kappa shape index (κ2) is 4.57. The molecule has 2 N–H and O–H groups in total. The molecule has 1 atom stereocenters. The van der Waals surface area contributed by atoms with Gasteiger partial charge in [0.1, 0.15) is 0 Å². The van der Waals surface area contributed by atoms with Gasteiger partial charge in [-0.25, -0.2) is 0 Å². The number of aryl methyl sites for hydroxylation is 1. The lowest BCUT2D eigenvalue weighted by Gasteiger charge is -2.26. The molecule has 14 heavy (non-hydrogen) atoms. The van der Waals surface area contributed by atoms with Crippen LogP contribution < -0.4 is 5.73 Å². The van der Waals surface area contributed by atoms with Crippen molar-refractivity contribution >= 4 is 0 Å². The van der Waals surface area contributed by atoms with E-state index < -0.39 is 0 Å². The van der Waals surface area contributed by atoms with Crippen LogP contribution in [0.4, 0.5) is 0 Å². The first-order valence-electron chi connectivity index (χ1n) is 4.91. The highest BCUT2D eigenvalue weighted by molar-refractivity contribution is 5.01. The predicted octanol–water partition coefficient (Wildman–Crippen LogP) is 1.06. The van der Waals surface area contributed by atoms with E-state index in [1.807, 2.05) is 26.4 Å². The summed E-state index contributed by atoms with van der Waals surface area (Å²) in [5.41, 5.74) is 6.51. The molecule has 1 aromatic rings. The van der Waals surface area contributed by atoms with Crippen LogP contribution in [0.15, 0.2) is 12.4 Å². The lowest BCUT2D eigenvalue weighted by Crippen LogP contribution is -2.36. The fraction of sp³-hybridized carbons (Fsp3) is 0.700. The maximum atomic E-state index is 5.75. The maximum Gasteiger partial charge on any atom is 0.0778 e. The molecule has 0 bridgehead atoms. The van der Waals surface area contributed by atoms with Crippen LogP contribution in [0.2, 0.25) is 0 Å². The number of nitrogens with two attached hydrogens (primary N) is 1. The average molecular weight is 197 g/mol. The fourth-order valence-corrected chi connectivity index (χ4v) is 1.11. The highest BCUT2D eigenvalue weighted by Crippen LogP contribution is 2.15. The summed E-state index contributed by atoms with van der Waals surface area (Å²) in [5, 5.41) is 4.07. The average Bonchev–Trinajstić information content (AvgIpc) is 2.61. The molecule has 1 unspecified atom stereocenters. The second-order valence-electron chi connectivity index (χ2n) is 3.82. The Bertz CT molecular complexity index is 279. The molecule has 1 aromatic heterocycles. The largest absolute Gasteiger partial charge is 0.369 e. The molecule has 0 saturated carbocycles. The van der Waals surface area contributed by atoms with Gasteiger partial charge in [0, 0.05) is 25.4 Å². The molecule has 1 heterocycles. The first-order valence-corrected chi connectivity index (χ1v) is 4.91. The third kappa shape index (κ3) is 2.82. The van der Waals surface area contributed by atoms with Crippen molar-refractivity contribution in [3.05, 3.63) is 18.0 Å². The Morgan fingerprint density at radius 2 is 2.36 bits per heavy atom. The molecule has 4 nitrogen and oxygen atoms in total. The maximum absolute atomic E-state index is 5.75. The van der Waals surface area contributed by atoms with Crippen molar-refractivity contribution in [1.82, 2.24) is 9.78 Å². The molecule has 1 rings (SSSR count). The Labute approximate surface area is 85.0 Å². The van der Waals surface area contributed by atoms with Gasteiger partial charge < -0.3 is 10.5 Å². The Kier molecular flexibility index (Phi) is 3.66. The minimum Gasteiger partial charge on any atom is -0.369 e. The van der Waals surface area contributed by atoms with Gasteiger partial charge in [-0.15, -0.1) is 0 Å². The normalized spacial score (nSPS) is 15.4. The first kappa shape index (κ1) is 11.2. The van der Waals surface area contributed by atoms with Crippen molar-refractivity contribution in [3.63, 3.8) is 0 Å². The summed E-state index contributed by atoms with van der Waals surface area (Å²) in [6, 6.07) is 0. The van der Waals surface area contributed by atoms with E-state index in [0.717, 1.165) is 12.0 Å². The molecule has 0 aliphatic heterocycles. The Balaban J connectivity index is 2.47. The zero-order valence-corrected chi connectivity index (χ0v) is 9.16. The SMILES string of the molecule is CCC(C)(CN)OCc1cnn(C)c1. The third-order valence-electron chi connectivity index (χ3n) is 2.53. The molecule has 0 spiro atoms. The fourth-order valence-electron chi connectivity index (χ4n) is 1.11. The van der Waals surface area contributed by atoms with Crippen LogP contribution >= 0.6 is 0 Å². The molecule has 0 aromatic carbocycles. The molecular weight excluding hydrogens is 178 g/mol. The van der Waals surface area contributed by atoms with E-state index in [9.17, 15) is 0 Å². The van der Waals surface area contributed by atoms with Gasteiger partial charge in [0.05, 0.1) is 18.4 Å². The van der Waals surface area contributed by atoms with Crippen LogP contribution in [-0.4, -0.2) is 21.9 Å². The quantitative estimate of drug-likeness (QED) is 0.768. The molecule has 4 heteroatoms. The summed E-state index contributed by atoms with van der Waals surface area (Å²) < 4.78 is 7.52. The number of hydrogen-bond donors (Lipinski definition) is 1. The number of ether oxygens (including phenoxy) is 1. The van der Waals surface area contributed by atoms with Gasteiger partial charge in [-0.05, 0) is 13.3 Å². The molecule has 0 fully saturated rings. The summed E-state index contributed by atoms with van der Waals surface area (Å²) in [6.45, 7) is 5.23. The highest BCUT2D eigenvalue weighted by Gasteiger charge is 2.20. The lowest BCUT2D eigenvalue weighted by atomic mass is 10.0. The topological polar surface area (TPSA) is 53.1 Å². The highest BCUT2D eigenvalue weighted by atomic mass is 16.5. The van der Waals surface area contributed by atoms with Crippen molar-refractivity contribution in [2.24, 2.45) is 12.8 Å².